The summed E-state index contributed by atoms with van der Waals surface area (Å²) in [6, 6.07) is 0. The first kappa shape index (κ1) is 32.2. The molecule has 4 saturated carbocycles. The molecular formula is C31H54O7SSi. The number of esters is 1. The molecule has 4 aliphatic carbocycles. The Morgan fingerprint density at radius 2 is 1.90 bits per heavy atom. The summed E-state index contributed by atoms with van der Waals surface area (Å²) in [5, 5.41) is 0.207. The summed E-state index contributed by atoms with van der Waals surface area (Å²) in [7, 11) is -3.83. The van der Waals surface area contributed by atoms with Crippen molar-refractivity contribution in [2.75, 3.05) is 20.0 Å². The molecule has 6 unspecified atom stereocenters. The number of rotatable bonds is 10. The number of carbonyl (C=O) groups excluding carboxylic acids is 1. The van der Waals surface area contributed by atoms with E-state index in [1.165, 1.54) is 31.8 Å². The molecule has 0 bridgehead atoms. The van der Waals surface area contributed by atoms with Gasteiger partial charge in [-0.15, -0.1) is 0 Å². The third kappa shape index (κ3) is 6.01. The second-order valence-corrected chi connectivity index (χ2v) is 21.6. The molecule has 0 aromatic carbocycles. The zero-order valence-corrected chi connectivity index (χ0v) is 28.4. The van der Waals surface area contributed by atoms with Crippen LogP contribution in [-0.4, -0.2) is 61.0 Å². The van der Waals surface area contributed by atoms with Gasteiger partial charge in [-0.25, -0.2) is 0 Å². The lowest BCUT2D eigenvalue weighted by Gasteiger charge is -2.45. The van der Waals surface area contributed by atoms with Gasteiger partial charge in [0.05, 0.1) is 12.4 Å². The van der Waals surface area contributed by atoms with Crippen LogP contribution in [0.15, 0.2) is 11.6 Å². The summed E-state index contributed by atoms with van der Waals surface area (Å²) in [4.78, 5) is 11.8. The number of hydrogen-bond acceptors (Lipinski definition) is 7. The average molecular weight is 599 g/mol. The van der Waals surface area contributed by atoms with Crippen LogP contribution in [0.2, 0.25) is 18.1 Å². The lowest BCUT2D eigenvalue weighted by molar-refractivity contribution is -0.152. The van der Waals surface area contributed by atoms with Gasteiger partial charge >= 0.3 is 5.97 Å². The Morgan fingerprint density at radius 3 is 2.48 bits per heavy atom. The highest BCUT2D eigenvalue weighted by atomic mass is 32.2. The van der Waals surface area contributed by atoms with Crippen LogP contribution in [0.25, 0.3) is 0 Å². The molecule has 0 aromatic heterocycles. The van der Waals surface area contributed by atoms with Crippen molar-refractivity contribution in [1.82, 2.24) is 0 Å². The minimum absolute atomic E-state index is 0.207. The van der Waals surface area contributed by atoms with Crippen LogP contribution in [-0.2, 0) is 33.0 Å². The Hall–Kier alpha value is -0.743. The summed E-state index contributed by atoms with van der Waals surface area (Å²) >= 11 is 0. The molecule has 0 aromatic rings. The van der Waals surface area contributed by atoms with Gasteiger partial charge in [-0.3, -0.25) is 8.98 Å². The van der Waals surface area contributed by atoms with Gasteiger partial charge in [-0.2, -0.15) is 8.42 Å². The average Bonchev–Trinajstić information content (AvgIpc) is 3.30. The van der Waals surface area contributed by atoms with Gasteiger partial charge in [-0.05, 0) is 92.2 Å². The third-order valence-corrected chi connectivity index (χ3v) is 16.6. The first-order chi connectivity index (χ1) is 18.4. The van der Waals surface area contributed by atoms with Crippen molar-refractivity contribution in [3.05, 3.63) is 11.6 Å². The monoisotopic (exact) mass is 598 g/mol. The Labute approximate surface area is 244 Å². The Morgan fingerprint density at radius 1 is 1.23 bits per heavy atom. The number of allylic oxidation sites excluding steroid dienone is 1. The smallest absolute Gasteiger partial charge is 0.302 e. The molecule has 0 spiro atoms. The van der Waals surface area contributed by atoms with Gasteiger partial charge in [0.15, 0.2) is 8.32 Å². The quantitative estimate of drug-likeness (QED) is 0.123. The minimum atomic E-state index is -3.74. The summed E-state index contributed by atoms with van der Waals surface area (Å²) in [5.74, 6) is 1.40. The van der Waals surface area contributed by atoms with Crippen LogP contribution in [0, 0.1) is 34.5 Å². The molecule has 0 N–H and O–H groups in total. The molecule has 9 heteroatoms. The fraction of sp³-hybridized carbons (Fsp3) is 0.903. The minimum Gasteiger partial charge on any atom is -0.460 e. The number of hydrogen-bond donors (Lipinski definition) is 0. The number of fused-ring (bicyclic) bond motifs is 2. The largest absolute Gasteiger partial charge is 0.460 e. The summed E-state index contributed by atoms with van der Waals surface area (Å²) in [5.41, 5.74) is 1.19. The molecule has 40 heavy (non-hydrogen) atoms. The molecule has 0 amide bonds. The number of carbonyl (C=O) groups is 1. The van der Waals surface area contributed by atoms with Crippen LogP contribution < -0.4 is 0 Å². The molecule has 0 heterocycles. The fourth-order valence-corrected chi connectivity index (χ4v) is 10.3. The molecule has 7 nitrogen and oxygen atoms in total. The summed E-state index contributed by atoms with van der Waals surface area (Å²) in [6.45, 7) is 18.7. The van der Waals surface area contributed by atoms with Crippen LogP contribution in [0.4, 0.5) is 0 Å². The first-order valence-corrected chi connectivity index (χ1v) is 20.0. The van der Waals surface area contributed by atoms with E-state index in [-0.39, 0.29) is 22.5 Å². The second-order valence-electron chi connectivity index (χ2n) is 15.2. The molecule has 230 valence electrons. The van der Waals surface area contributed by atoms with Crippen molar-refractivity contribution in [2.24, 2.45) is 34.5 Å². The Kier molecular flexibility index (Phi) is 8.91. The molecule has 4 aliphatic rings. The maximum absolute atomic E-state index is 12.3. The highest BCUT2D eigenvalue weighted by Gasteiger charge is 2.72. The molecule has 0 saturated heterocycles. The van der Waals surface area contributed by atoms with E-state index in [1.807, 2.05) is 0 Å². The Bertz CT molecular complexity index is 1100. The van der Waals surface area contributed by atoms with E-state index >= 15 is 0 Å². The molecule has 4 rings (SSSR count). The fourth-order valence-electron chi connectivity index (χ4n) is 8.47. The van der Waals surface area contributed by atoms with E-state index in [9.17, 15) is 13.2 Å². The lowest BCUT2D eigenvalue weighted by Crippen LogP contribution is -2.44. The maximum atomic E-state index is 12.3. The topological polar surface area (TPSA) is 88.1 Å². The van der Waals surface area contributed by atoms with Crippen molar-refractivity contribution in [2.45, 2.75) is 123 Å². The number of ether oxygens (including phenoxy) is 2. The van der Waals surface area contributed by atoms with Gasteiger partial charge in [0, 0.05) is 26.1 Å². The standard InChI is InChI=1S/C31H54O7SSi/c1-20(19-36-40(9,10)29(3,4)5)24-13-14-25-22(12-11-15-30(24,25)6)16-27(35-7)31-18-23(31)17-26(37-21(2)32)28(31)38-39(8,33)34/h16,20,23-28H,11-15,17-19H2,1-10H3/b22-16+/t20-,23?,24?,25?,26+,27?,28?,30-,31?/m1/s1. The van der Waals surface area contributed by atoms with Crippen molar-refractivity contribution in [1.29, 1.82) is 0 Å². The van der Waals surface area contributed by atoms with Gasteiger partial charge in [-0.1, -0.05) is 46.3 Å². The zero-order chi connectivity index (χ0) is 29.9. The van der Waals surface area contributed by atoms with Crippen LogP contribution in [0.5, 0.6) is 0 Å². The van der Waals surface area contributed by atoms with Crippen LogP contribution in [0.1, 0.15) is 86.5 Å². The normalized spacial score (nSPS) is 38.5. The summed E-state index contributed by atoms with van der Waals surface area (Å²) in [6.07, 6.45) is 9.04. The van der Waals surface area contributed by atoms with Crippen molar-refractivity contribution in [3.63, 3.8) is 0 Å². The lowest BCUT2D eigenvalue weighted by atomic mass is 9.61. The molecule has 4 fully saturated rings. The SMILES string of the molecule is COC(/C=C1\CCC[C@@]2(C)C1CCC2[C@H](C)CO[Si](C)(C)C(C)(C)C)C12CC1C[C@H](OC(C)=O)C2OS(C)(=O)=O. The van der Waals surface area contributed by atoms with E-state index in [2.05, 4.69) is 53.8 Å². The molecule has 0 radical (unpaired) electrons. The van der Waals surface area contributed by atoms with E-state index < -0.39 is 42.0 Å². The van der Waals surface area contributed by atoms with E-state index in [1.54, 1.807) is 7.11 Å². The van der Waals surface area contributed by atoms with Gasteiger partial charge < -0.3 is 13.9 Å². The summed E-state index contributed by atoms with van der Waals surface area (Å²) < 4.78 is 48.5. The van der Waals surface area contributed by atoms with Gasteiger partial charge in [0.2, 0.25) is 0 Å². The van der Waals surface area contributed by atoms with Crippen molar-refractivity contribution < 1.29 is 31.3 Å². The molecule has 0 aliphatic heterocycles. The van der Waals surface area contributed by atoms with Gasteiger partial charge in [0.1, 0.15) is 12.2 Å². The highest BCUT2D eigenvalue weighted by molar-refractivity contribution is 7.86. The number of methoxy groups -OCH3 is 1. The molecular weight excluding hydrogens is 544 g/mol. The van der Waals surface area contributed by atoms with Crippen molar-refractivity contribution >= 4 is 24.4 Å². The first-order valence-electron chi connectivity index (χ1n) is 15.3. The highest BCUT2D eigenvalue weighted by Crippen LogP contribution is 2.68. The zero-order valence-electron chi connectivity index (χ0n) is 26.5. The van der Waals surface area contributed by atoms with Crippen LogP contribution >= 0.6 is 0 Å². The van der Waals surface area contributed by atoms with E-state index in [0.29, 0.717) is 24.2 Å². The van der Waals surface area contributed by atoms with E-state index in [0.717, 1.165) is 32.1 Å². The second kappa shape index (κ2) is 11.1. The van der Waals surface area contributed by atoms with E-state index in [4.69, 9.17) is 18.1 Å². The van der Waals surface area contributed by atoms with Gasteiger partial charge in [0.25, 0.3) is 10.1 Å². The van der Waals surface area contributed by atoms with Crippen molar-refractivity contribution in [3.8, 4) is 0 Å². The Balaban J connectivity index is 1.55. The maximum Gasteiger partial charge on any atom is 0.302 e. The third-order valence-electron chi connectivity index (χ3n) is 11.6. The predicted octanol–water partition coefficient (Wildman–Crippen LogP) is 6.49. The molecule has 9 atom stereocenters. The predicted molar refractivity (Wildman–Crippen MR) is 160 cm³/mol. The van der Waals surface area contributed by atoms with Crippen LogP contribution in [0.3, 0.4) is 0 Å².